The molecule has 4 rings (SSSR count). The SMILES string of the molecule is COc1c(C(=O)NCC(=O)N2CCCCC2)ccc2[nH]nc(C=Cc3ccc(F)cc3)c12. The summed E-state index contributed by atoms with van der Waals surface area (Å²) < 4.78 is 18.7. The summed E-state index contributed by atoms with van der Waals surface area (Å²) >= 11 is 0. The van der Waals surface area contributed by atoms with Gasteiger partial charge < -0.3 is 15.0 Å². The van der Waals surface area contributed by atoms with Gasteiger partial charge in [-0.25, -0.2) is 4.39 Å². The van der Waals surface area contributed by atoms with E-state index >= 15 is 0 Å². The number of halogens is 1. The molecule has 3 aromatic rings. The number of amides is 2. The second-order valence-corrected chi connectivity index (χ2v) is 7.69. The van der Waals surface area contributed by atoms with E-state index < -0.39 is 0 Å². The maximum Gasteiger partial charge on any atom is 0.255 e. The fraction of sp³-hybridized carbons (Fsp3) is 0.292. The second kappa shape index (κ2) is 9.64. The average Bonchev–Trinajstić information content (AvgIpc) is 3.25. The lowest BCUT2D eigenvalue weighted by molar-refractivity contribution is -0.130. The molecule has 8 heteroatoms. The summed E-state index contributed by atoms with van der Waals surface area (Å²) in [4.78, 5) is 27.0. The average molecular weight is 436 g/mol. The van der Waals surface area contributed by atoms with Crippen LogP contribution in [0.15, 0.2) is 36.4 Å². The summed E-state index contributed by atoms with van der Waals surface area (Å²) in [6, 6.07) is 9.49. The van der Waals surface area contributed by atoms with Gasteiger partial charge in [0.25, 0.3) is 5.91 Å². The van der Waals surface area contributed by atoms with Crippen molar-refractivity contribution in [1.29, 1.82) is 0 Å². The lowest BCUT2D eigenvalue weighted by Gasteiger charge is -2.26. The normalized spacial score (nSPS) is 14.1. The number of carbonyl (C=O) groups excluding carboxylic acids is 2. The molecule has 0 spiro atoms. The quantitative estimate of drug-likeness (QED) is 0.618. The highest BCUT2D eigenvalue weighted by atomic mass is 19.1. The predicted molar refractivity (Wildman–Crippen MR) is 121 cm³/mol. The molecular weight excluding hydrogens is 411 g/mol. The molecule has 1 fully saturated rings. The number of benzene rings is 2. The molecule has 0 aliphatic carbocycles. The first kappa shape index (κ1) is 21.5. The molecule has 1 aliphatic rings. The molecule has 32 heavy (non-hydrogen) atoms. The molecule has 1 aliphatic heterocycles. The fourth-order valence-electron chi connectivity index (χ4n) is 3.87. The molecule has 2 amide bonds. The van der Waals surface area contributed by atoms with Crippen LogP contribution < -0.4 is 10.1 Å². The summed E-state index contributed by atoms with van der Waals surface area (Å²) in [6.45, 7) is 1.42. The molecule has 1 saturated heterocycles. The Balaban J connectivity index is 1.55. The number of nitrogens with zero attached hydrogens (tertiary/aromatic N) is 2. The van der Waals surface area contributed by atoms with Crippen molar-refractivity contribution in [2.45, 2.75) is 19.3 Å². The number of nitrogens with one attached hydrogen (secondary N) is 2. The molecule has 0 atom stereocenters. The van der Waals surface area contributed by atoms with Crippen molar-refractivity contribution in [2.75, 3.05) is 26.7 Å². The van der Waals surface area contributed by atoms with Crippen LogP contribution in [0.2, 0.25) is 0 Å². The highest BCUT2D eigenvalue weighted by molar-refractivity contribution is 6.06. The van der Waals surface area contributed by atoms with Crippen LogP contribution in [0.1, 0.15) is 40.9 Å². The Morgan fingerprint density at radius 1 is 1.12 bits per heavy atom. The van der Waals surface area contributed by atoms with E-state index in [1.54, 1.807) is 41.3 Å². The van der Waals surface area contributed by atoms with Crippen molar-refractivity contribution in [2.24, 2.45) is 0 Å². The van der Waals surface area contributed by atoms with E-state index in [9.17, 15) is 14.0 Å². The first-order valence-corrected chi connectivity index (χ1v) is 10.6. The highest BCUT2D eigenvalue weighted by Gasteiger charge is 2.21. The Morgan fingerprint density at radius 3 is 2.59 bits per heavy atom. The van der Waals surface area contributed by atoms with E-state index in [-0.39, 0.29) is 24.2 Å². The number of methoxy groups -OCH3 is 1. The Morgan fingerprint density at radius 2 is 1.88 bits per heavy atom. The third-order valence-corrected chi connectivity index (χ3v) is 5.57. The van der Waals surface area contributed by atoms with Crippen LogP contribution in [0.5, 0.6) is 5.75 Å². The first-order valence-electron chi connectivity index (χ1n) is 10.6. The Hall–Kier alpha value is -3.68. The number of carbonyl (C=O) groups is 2. The van der Waals surface area contributed by atoms with E-state index in [1.807, 2.05) is 0 Å². The first-order chi connectivity index (χ1) is 15.6. The third kappa shape index (κ3) is 4.64. The number of aromatic nitrogens is 2. The molecule has 0 unspecified atom stereocenters. The van der Waals surface area contributed by atoms with E-state index in [0.717, 1.165) is 37.9 Å². The minimum absolute atomic E-state index is 0.0528. The van der Waals surface area contributed by atoms with Gasteiger partial charge in [0.2, 0.25) is 5.91 Å². The molecule has 2 N–H and O–H groups in total. The van der Waals surface area contributed by atoms with Gasteiger partial charge in [0, 0.05) is 13.1 Å². The number of hydrogen-bond acceptors (Lipinski definition) is 4. The summed E-state index contributed by atoms with van der Waals surface area (Å²) in [5.41, 5.74) is 2.43. The van der Waals surface area contributed by atoms with Crippen LogP contribution in [0, 0.1) is 5.82 Å². The number of aromatic amines is 1. The number of fused-ring (bicyclic) bond motifs is 1. The number of hydrogen-bond donors (Lipinski definition) is 2. The minimum atomic E-state index is -0.385. The predicted octanol–water partition coefficient (Wildman–Crippen LogP) is 3.62. The largest absolute Gasteiger partial charge is 0.495 e. The van der Waals surface area contributed by atoms with Gasteiger partial charge in [-0.2, -0.15) is 5.10 Å². The lowest BCUT2D eigenvalue weighted by atomic mass is 10.1. The van der Waals surface area contributed by atoms with Crippen molar-refractivity contribution in [3.63, 3.8) is 0 Å². The molecule has 0 radical (unpaired) electrons. The van der Waals surface area contributed by atoms with Crippen LogP contribution in [-0.2, 0) is 4.79 Å². The van der Waals surface area contributed by atoms with Gasteiger partial charge in [0.1, 0.15) is 11.6 Å². The van der Waals surface area contributed by atoms with Crippen molar-refractivity contribution in [3.05, 3.63) is 59.0 Å². The van der Waals surface area contributed by atoms with Gasteiger partial charge in [-0.1, -0.05) is 18.2 Å². The van der Waals surface area contributed by atoms with Gasteiger partial charge in [-0.15, -0.1) is 0 Å². The van der Waals surface area contributed by atoms with E-state index in [4.69, 9.17) is 4.74 Å². The van der Waals surface area contributed by atoms with Gasteiger partial charge in [-0.05, 0) is 55.2 Å². The second-order valence-electron chi connectivity index (χ2n) is 7.69. The molecule has 166 valence electrons. The number of likely N-dealkylation sites (tertiary alicyclic amines) is 1. The Kier molecular flexibility index (Phi) is 6.49. The number of H-pyrrole nitrogens is 1. The van der Waals surface area contributed by atoms with Gasteiger partial charge >= 0.3 is 0 Å². The van der Waals surface area contributed by atoms with Crippen LogP contribution in [-0.4, -0.2) is 53.7 Å². The zero-order valence-corrected chi connectivity index (χ0v) is 17.9. The summed E-state index contributed by atoms with van der Waals surface area (Å²) in [7, 11) is 1.49. The smallest absolute Gasteiger partial charge is 0.255 e. The number of piperidine rings is 1. The van der Waals surface area contributed by atoms with E-state index in [0.29, 0.717) is 27.9 Å². The van der Waals surface area contributed by atoms with Crippen molar-refractivity contribution in [1.82, 2.24) is 20.4 Å². The van der Waals surface area contributed by atoms with Gasteiger partial charge in [0.15, 0.2) is 0 Å². The molecule has 0 bridgehead atoms. The monoisotopic (exact) mass is 436 g/mol. The van der Waals surface area contributed by atoms with Crippen LogP contribution in [0.25, 0.3) is 23.1 Å². The van der Waals surface area contributed by atoms with E-state index in [1.165, 1.54) is 19.2 Å². The highest BCUT2D eigenvalue weighted by Crippen LogP contribution is 2.32. The zero-order valence-electron chi connectivity index (χ0n) is 17.9. The molecule has 7 nitrogen and oxygen atoms in total. The topological polar surface area (TPSA) is 87.3 Å². The minimum Gasteiger partial charge on any atom is -0.495 e. The van der Waals surface area contributed by atoms with Gasteiger partial charge in [-0.3, -0.25) is 14.7 Å². The van der Waals surface area contributed by atoms with Crippen LogP contribution >= 0.6 is 0 Å². The number of rotatable bonds is 6. The fourth-order valence-corrected chi connectivity index (χ4v) is 3.87. The zero-order chi connectivity index (χ0) is 22.5. The number of ether oxygens (including phenoxy) is 1. The Bertz CT molecular complexity index is 1150. The van der Waals surface area contributed by atoms with Crippen molar-refractivity contribution < 1.29 is 18.7 Å². The van der Waals surface area contributed by atoms with Crippen LogP contribution in [0.3, 0.4) is 0 Å². The third-order valence-electron chi connectivity index (χ3n) is 5.57. The van der Waals surface area contributed by atoms with Crippen LogP contribution in [0.4, 0.5) is 4.39 Å². The summed E-state index contributed by atoms with van der Waals surface area (Å²) in [6.07, 6.45) is 6.71. The Labute approximate surface area is 185 Å². The summed E-state index contributed by atoms with van der Waals surface area (Å²) in [5.74, 6) is -0.394. The van der Waals surface area contributed by atoms with Crippen molar-refractivity contribution >= 4 is 34.9 Å². The van der Waals surface area contributed by atoms with Crippen molar-refractivity contribution in [3.8, 4) is 5.75 Å². The lowest BCUT2D eigenvalue weighted by Crippen LogP contribution is -2.42. The van der Waals surface area contributed by atoms with E-state index in [2.05, 4.69) is 15.5 Å². The molecule has 0 saturated carbocycles. The molecule has 2 heterocycles. The molecule has 2 aromatic carbocycles. The molecule has 1 aromatic heterocycles. The standard InChI is InChI=1S/C24H25FN4O3/c1-32-23-18(24(31)26-15-21(30)29-13-3-2-4-14-29)10-12-20-22(23)19(27-28-20)11-7-16-5-8-17(25)9-6-16/h5-12H,2-4,13-15H2,1H3,(H,26,31)(H,27,28). The van der Waals surface area contributed by atoms with Gasteiger partial charge in [0.05, 0.1) is 35.8 Å². The maximum absolute atomic E-state index is 13.1. The molecular formula is C24H25FN4O3. The summed E-state index contributed by atoms with van der Waals surface area (Å²) in [5, 5.41) is 10.6. The maximum atomic E-state index is 13.1.